The Balaban J connectivity index is 2.63. The van der Waals surface area contributed by atoms with Crippen LogP contribution in [0.5, 0.6) is 5.75 Å². The third-order valence-electron chi connectivity index (χ3n) is 5.36. The summed E-state index contributed by atoms with van der Waals surface area (Å²) >= 11 is 0. The quantitative estimate of drug-likeness (QED) is 0.382. The highest BCUT2D eigenvalue weighted by Crippen LogP contribution is 2.38. The van der Waals surface area contributed by atoms with E-state index in [-0.39, 0.29) is 0 Å². The van der Waals surface area contributed by atoms with Gasteiger partial charge in [0.15, 0.2) is 0 Å². The van der Waals surface area contributed by atoms with Gasteiger partial charge in [0.1, 0.15) is 5.75 Å². The van der Waals surface area contributed by atoms with Gasteiger partial charge in [-0.05, 0) is 58.1 Å². The van der Waals surface area contributed by atoms with E-state index in [1.165, 1.54) is 22.3 Å². The lowest BCUT2D eigenvalue weighted by Crippen LogP contribution is -2.01. The summed E-state index contributed by atoms with van der Waals surface area (Å²) in [5, 5.41) is 0. The van der Waals surface area contributed by atoms with Crippen LogP contribution >= 0.6 is 0 Å². The first kappa shape index (κ1) is 22.3. The van der Waals surface area contributed by atoms with Crippen molar-refractivity contribution in [3.05, 3.63) is 58.1 Å². The zero-order valence-corrected chi connectivity index (χ0v) is 19.1. The summed E-state index contributed by atoms with van der Waals surface area (Å²) in [6.07, 6.45) is 1.98. The smallest absolute Gasteiger partial charge is 0.322 e. The van der Waals surface area contributed by atoms with Crippen molar-refractivity contribution in [1.82, 2.24) is 0 Å². The molecule has 0 aliphatic rings. The average Bonchev–Trinajstić information content (AvgIpc) is 2.64. The number of rotatable bonds is 7. The molecule has 2 rings (SSSR count). The van der Waals surface area contributed by atoms with E-state index < -0.39 is 0 Å². The molecule has 0 bridgehead atoms. The highest BCUT2D eigenvalue weighted by molar-refractivity contribution is 6.01. The lowest BCUT2D eigenvalue weighted by atomic mass is 9.87. The molecule has 2 aromatic carbocycles. The van der Waals surface area contributed by atoms with Crippen molar-refractivity contribution < 1.29 is 4.65 Å². The van der Waals surface area contributed by atoms with Crippen LogP contribution in [0.1, 0.15) is 107 Å². The SMILES string of the molecule is BOc1ccc(C(C)C)cc1/C=N/c1c(C(C)C)cc(C(C)C)cc1C(C)C. The van der Waals surface area contributed by atoms with Gasteiger partial charge in [0.05, 0.1) is 5.69 Å². The first-order valence-electron chi connectivity index (χ1n) is 10.5. The van der Waals surface area contributed by atoms with Gasteiger partial charge in [-0.3, -0.25) is 4.99 Å². The van der Waals surface area contributed by atoms with E-state index in [1.807, 2.05) is 12.3 Å². The molecular formula is C25H36BNO. The van der Waals surface area contributed by atoms with E-state index >= 15 is 0 Å². The molecule has 0 aliphatic carbocycles. The van der Waals surface area contributed by atoms with Gasteiger partial charge in [0.25, 0.3) is 0 Å². The summed E-state index contributed by atoms with van der Waals surface area (Å²) in [5.74, 6) is 2.69. The molecule has 0 saturated heterocycles. The van der Waals surface area contributed by atoms with Gasteiger partial charge in [-0.2, -0.15) is 0 Å². The van der Waals surface area contributed by atoms with Gasteiger partial charge in [-0.1, -0.05) is 73.6 Å². The Hall–Kier alpha value is -2.03. The van der Waals surface area contributed by atoms with Crippen LogP contribution in [-0.4, -0.2) is 14.3 Å². The molecule has 0 N–H and O–H groups in total. The molecule has 0 unspecified atom stereocenters. The number of hydrogen-bond donors (Lipinski definition) is 0. The predicted octanol–water partition coefficient (Wildman–Crippen LogP) is 6.86. The van der Waals surface area contributed by atoms with Crippen LogP contribution in [0.2, 0.25) is 0 Å². The van der Waals surface area contributed by atoms with E-state index in [0.29, 0.717) is 23.7 Å². The third-order valence-corrected chi connectivity index (χ3v) is 5.36. The van der Waals surface area contributed by atoms with E-state index in [9.17, 15) is 0 Å². The molecule has 3 heteroatoms. The Bertz CT molecular complexity index is 805. The van der Waals surface area contributed by atoms with Crippen LogP contribution in [-0.2, 0) is 0 Å². The summed E-state index contributed by atoms with van der Waals surface area (Å²) in [4.78, 5) is 5.02. The van der Waals surface area contributed by atoms with Gasteiger partial charge in [0, 0.05) is 11.8 Å². The van der Waals surface area contributed by atoms with Gasteiger partial charge in [-0.25, -0.2) is 0 Å². The van der Waals surface area contributed by atoms with E-state index in [0.717, 1.165) is 17.0 Å². The first-order valence-corrected chi connectivity index (χ1v) is 10.5. The molecule has 2 nitrogen and oxygen atoms in total. The van der Waals surface area contributed by atoms with Gasteiger partial charge in [-0.15, -0.1) is 0 Å². The molecule has 0 amide bonds. The van der Waals surface area contributed by atoms with Crippen LogP contribution in [0.15, 0.2) is 35.3 Å². The van der Waals surface area contributed by atoms with Crippen LogP contribution < -0.4 is 4.65 Å². The van der Waals surface area contributed by atoms with Gasteiger partial charge < -0.3 is 4.65 Å². The molecule has 2 aromatic rings. The molecule has 0 fully saturated rings. The van der Waals surface area contributed by atoms with Crippen LogP contribution in [0.25, 0.3) is 0 Å². The zero-order valence-electron chi connectivity index (χ0n) is 19.1. The second kappa shape index (κ2) is 9.45. The van der Waals surface area contributed by atoms with Crippen LogP contribution in [0, 0.1) is 0 Å². The monoisotopic (exact) mass is 377 g/mol. The second-order valence-electron chi connectivity index (χ2n) is 8.93. The van der Waals surface area contributed by atoms with Gasteiger partial charge in [0.2, 0.25) is 0 Å². The van der Waals surface area contributed by atoms with E-state index in [2.05, 4.69) is 79.7 Å². The molecular weight excluding hydrogens is 341 g/mol. The number of benzene rings is 2. The lowest BCUT2D eigenvalue weighted by Gasteiger charge is -2.20. The number of nitrogens with zero attached hydrogens (tertiary/aromatic N) is 1. The lowest BCUT2D eigenvalue weighted by molar-refractivity contribution is 0.614. The summed E-state index contributed by atoms with van der Waals surface area (Å²) in [6.45, 7) is 17.9. The molecule has 0 aromatic heterocycles. The van der Waals surface area contributed by atoms with Crippen molar-refractivity contribution in [2.75, 3.05) is 0 Å². The molecule has 0 radical (unpaired) electrons. The van der Waals surface area contributed by atoms with Crippen LogP contribution in [0.3, 0.4) is 0 Å². The van der Waals surface area contributed by atoms with Crippen LogP contribution in [0.4, 0.5) is 5.69 Å². The van der Waals surface area contributed by atoms with Crippen molar-refractivity contribution in [2.24, 2.45) is 4.99 Å². The Morgan fingerprint density at radius 1 is 0.750 bits per heavy atom. The normalized spacial score (nSPS) is 12.1. The first-order chi connectivity index (χ1) is 13.1. The molecule has 0 spiro atoms. The second-order valence-corrected chi connectivity index (χ2v) is 8.93. The number of hydrogen-bond acceptors (Lipinski definition) is 2. The molecule has 0 atom stereocenters. The Kier molecular flexibility index (Phi) is 7.52. The molecule has 28 heavy (non-hydrogen) atoms. The van der Waals surface area contributed by atoms with Crippen molar-refractivity contribution in [3.8, 4) is 5.75 Å². The minimum absolute atomic E-state index is 0.423. The van der Waals surface area contributed by atoms with Gasteiger partial charge >= 0.3 is 8.05 Å². The summed E-state index contributed by atoms with van der Waals surface area (Å²) in [5.41, 5.74) is 7.49. The summed E-state index contributed by atoms with van der Waals surface area (Å²) in [6, 6.07) is 11.1. The maximum Gasteiger partial charge on any atom is 0.322 e. The summed E-state index contributed by atoms with van der Waals surface area (Å²) in [7, 11) is 1.72. The van der Waals surface area contributed by atoms with Crippen molar-refractivity contribution in [3.63, 3.8) is 0 Å². The Labute approximate surface area is 172 Å². The maximum atomic E-state index is 5.58. The highest BCUT2D eigenvalue weighted by Gasteiger charge is 2.17. The molecule has 0 saturated carbocycles. The maximum absolute atomic E-state index is 5.58. The fourth-order valence-electron chi connectivity index (χ4n) is 3.41. The predicted molar refractivity (Wildman–Crippen MR) is 126 cm³/mol. The Morgan fingerprint density at radius 2 is 1.29 bits per heavy atom. The standard InChI is InChI=1S/C25H36BNO/c1-15(2)19-9-10-24(28-26)21(11-19)14-27-25-22(17(5)6)12-20(16(3)4)13-23(25)18(7)8/h9-18H,26H2,1-8H3/b27-14+. The topological polar surface area (TPSA) is 21.6 Å². The van der Waals surface area contributed by atoms with E-state index in [4.69, 9.17) is 9.65 Å². The third kappa shape index (κ3) is 5.07. The van der Waals surface area contributed by atoms with Crippen molar-refractivity contribution in [1.29, 1.82) is 0 Å². The molecule has 0 heterocycles. The fourth-order valence-corrected chi connectivity index (χ4v) is 3.41. The van der Waals surface area contributed by atoms with Crippen molar-refractivity contribution in [2.45, 2.75) is 79.1 Å². The Morgan fingerprint density at radius 3 is 1.71 bits per heavy atom. The summed E-state index contributed by atoms with van der Waals surface area (Å²) < 4.78 is 5.58. The highest BCUT2D eigenvalue weighted by atomic mass is 16.4. The molecule has 150 valence electrons. The zero-order chi connectivity index (χ0) is 21.0. The number of aliphatic imine (C=N–C) groups is 1. The fraction of sp³-hybridized carbons (Fsp3) is 0.480. The minimum atomic E-state index is 0.423. The average molecular weight is 377 g/mol. The van der Waals surface area contributed by atoms with E-state index in [1.54, 1.807) is 8.05 Å². The largest absolute Gasteiger partial charge is 0.567 e. The molecule has 0 aliphatic heterocycles. The van der Waals surface area contributed by atoms with Crippen molar-refractivity contribution >= 4 is 20.0 Å². The minimum Gasteiger partial charge on any atom is -0.567 e.